The summed E-state index contributed by atoms with van der Waals surface area (Å²) in [4.78, 5) is 72.0. The Labute approximate surface area is 368 Å². The van der Waals surface area contributed by atoms with Crippen molar-refractivity contribution < 1.29 is 33.8 Å². The fraction of sp³-hybridized carbons (Fsp3) is 0.447. The number of anilines is 3. The first-order valence-electron chi connectivity index (χ1n) is 21.3. The maximum absolute atomic E-state index is 13.9. The van der Waals surface area contributed by atoms with Gasteiger partial charge < -0.3 is 41.7 Å². The predicted molar refractivity (Wildman–Crippen MR) is 243 cm³/mol. The highest BCUT2D eigenvalue weighted by Gasteiger charge is 2.40. The average molecular weight is 868 g/mol. The molecule has 7 N–H and O–H groups in total. The van der Waals surface area contributed by atoms with Gasteiger partial charge in [0, 0.05) is 43.9 Å². The average Bonchev–Trinajstić information content (AvgIpc) is 3.68. The van der Waals surface area contributed by atoms with Gasteiger partial charge in [0.25, 0.3) is 5.91 Å². The molecule has 0 bridgehead atoms. The smallest absolute Gasteiger partial charge is 0.255 e. The van der Waals surface area contributed by atoms with Crippen molar-refractivity contribution in [3.63, 3.8) is 0 Å². The number of nitrogens with zero attached hydrogens (tertiary/aromatic N) is 2. The van der Waals surface area contributed by atoms with Gasteiger partial charge in [-0.1, -0.05) is 82.9 Å². The number of unbranched alkanes of at least 4 members (excludes halogenated alkanes) is 5. The third-order valence-corrected chi connectivity index (χ3v) is 11.8. The molecule has 14 nitrogen and oxygen atoms in total. The van der Waals surface area contributed by atoms with E-state index in [0.717, 1.165) is 53.8 Å². The van der Waals surface area contributed by atoms with Crippen LogP contribution in [0.4, 0.5) is 17.1 Å². The molecule has 0 spiro atoms. The standard InChI is InChI=1S/C47H61N7O7S/c1-31-42(62-30-50-31)33-18-16-32(17-19-33)26-49-44(58)35-25-37(55)28-54(27-35)46(60)43(47(2,3)4)53-40(56)15-9-7-5-6-8-12-24-61-29-41(57)51-36-22-20-34(21-23-36)45(59)52-39-14-11-10-13-38(39)48/h10-11,13-14,16-23,30,35,37,43,55H,5-9,12,15,24-29,48H2,1-4H3,(H,49,58)(H,51,57)(H,52,59)(H,53,56)/t35-,37-,43-/m1/s1. The molecule has 5 amide bonds. The monoisotopic (exact) mass is 867 g/mol. The summed E-state index contributed by atoms with van der Waals surface area (Å²) in [6.45, 7) is 8.61. The number of aryl methyl sites for hydroxylation is 1. The number of nitrogen functional groups attached to an aromatic ring is 1. The number of hydrogen-bond donors (Lipinski definition) is 6. The minimum Gasteiger partial charge on any atom is -0.397 e. The van der Waals surface area contributed by atoms with Gasteiger partial charge in [-0.05, 0) is 79.1 Å². The van der Waals surface area contributed by atoms with E-state index in [1.54, 1.807) is 59.9 Å². The molecule has 1 aliphatic heterocycles. The number of aliphatic hydroxyl groups excluding tert-OH is 1. The van der Waals surface area contributed by atoms with Crippen molar-refractivity contribution >= 4 is 57.9 Å². The molecule has 0 saturated carbocycles. The molecular formula is C47H61N7O7S. The van der Waals surface area contributed by atoms with Crippen LogP contribution < -0.4 is 27.0 Å². The largest absolute Gasteiger partial charge is 0.397 e. The van der Waals surface area contributed by atoms with Gasteiger partial charge in [-0.15, -0.1) is 11.3 Å². The maximum atomic E-state index is 13.9. The van der Waals surface area contributed by atoms with E-state index in [9.17, 15) is 29.1 Å². The molecule has 62 heavy (non-hydrogen) atoms. The van der Waals surface area contributed by atoms with Gasteiger partial charge in [0.1, 0.15) is 12.6 Å². The number of rotatable bonds is 20. The Hall–Kier alpha value is -5.64. The zero-order valence-electron chi connectivity index (χ0n) is 36.2. The molecule has 2 heterocycles. The lowest BCUT2D eigenvalue weighted by Gasteiger charge is -2.40. The van der Waals surface area contributed by atoms with Gasteiger partial charge in [-0.3, -0.25) is 24.0 Å². The highest BCUT2D eigenvalue weighted by Crippen LogP contribution is 2.28. The van der Waals surface area contributed by atoms with Crippen LogP contribution in [0.25, 0.3) is 10.4 Å². The Kier molecular flexibility index (Phi) is 17.6. The normalized spacial score (nSPS) is 15.7. The molecule has 1 aliphatic rings. The molecule has 1 saturated heterocycles. The summed E-state index contributed by atoms with van der Waals surface area (Å²) in [5.41, 5.74) is 12.1. The van der Waals surface area contributed by atoms with Crippen LogP contribution in [0.2, 0.25) is 0 Å². The van der Waals surface area contributed by atoms with E-state index >= 15 is 0 Å². The second kappa shape index (κ2) is 23.0. The molecule has 1 aromatic heterocycles. The van der Waals surface area contributed by atoms with Gasteiger partial charge in [-0.25, -0.2) is 4.98 Å². The molecule has 1 fully saturated rings. The van der Waals surface area contributed by atoms with Crippen molar-refractivity contribution in [2.24, 2.45) is 11.3 Å². The summed E-state index contributed by atoms with van der Waals surface area (Å²) in [5.74, 6) is -1.91. The van der Waals surface area contributed by atoms with Gasteiger partial charge in [0.2, 0.25) is 23.6 Å². The van der Waals surface area contributed by atoms with Gasteiger partial charge in [0.05, 0.1) is 39.5 Å². The van der Waals surface area contributed by atoms with Gasteiger partial charge in [-0.2, -0.15) is 0 Å². The van der Waals surface area contributed by atoms with E-state index < -0.39 is 23.5 Å². The molecule has 5 rings (SSSR count). The molecule has 3 aromatic carbocycles. The molecule has 332 valence electrons. The molecule has 0 unspecified atom stereocenters. The first kappa shape index (κ1) is 47.4. The SMILES string of the molecule is Cc1ncsc1-c1ccc(CNC(=O)[C@@H]2C[C@@H](O)CN(C(=O)[C@@H](NC(=O)CCCCCCCCOCC(=O)Nc3ccc(C(=O)Nc4ccccc4N)cc3)C(C)(C)C)C2)cc1. The number of piperidine rings is 1. The number of carbonyl (C=O) groups excluding carboxylic acids is 5. The lowest BCUT2D eigenvalue weighted by atomic mass is 9.84. The van der Waals surface area contributed by atoms with Crippen LogP contribution in [0, 0.1) is 18.3 Å². The number of thiazole rings is 1. The quantitative estimate of drug-likeness (QED) is 0.0413. The van der Waals surface area contributed by atoms with E-state index in [0.29, 0.717) is 42.2 Å². The molecule has 0 aliphatic carbocycles. The van der Waals surface area contributed by atoms with Crippen LogP contribution in [-0.2, 0) is 30.5 Å². The first-order chi connectivity index (χ1) is 29.7. The molecule has 3 atom stereocenters. The van der Waals surface area contributed by atoms with Crippen LogP contribution in [0.1, 0.15) is 93.8 Å². The third-order valence-electron chi connectivity index (χ3n) is 10.8. The van der Waals surface area contributed by atoms with E-state index in [4.69, 9.17) is 10.5 Å². The number of benzene rings is 3. The van der Waals surface area contributed by atoms with Crippen LogP contribution in [0.3, 0.4) is 0 Å². The summed E-state index contributed by atoms with van der Waals surface area (Å²) >= 11 is 1.59. The molecular weight excluding hydrogens is 807 g/mol. The van der Waals surface area contributed by atoms with Crippen LogP contribution in [0.15, 0.2) is 78.3 Å². The van der Waals surface area contributed by atoms with Gasteiger partial charge in [0.15, 0.2) is 0 Å². The predicted octanol–water partition coefficient (Wildman–Crippen LogP) is 6.70. The number of β-amino-alcohol motifs (C(OH)–C–C–N with tert-alkyl or cyclic N) is 1. The number of amides is 5. The van der Waals surface area contributed by atoms with E-state index in [-0.39, 0.29) is 62.1 Å². The lowest BCUT2D eigenvalue weighted by Crippen LogP contribution is -2.59. The van der Waals surface area contributed by atoms with Gasteiger partial charge >= 0.3 is 0 Å². The summed E-state index contributed by atoms with van der Waals surface area (Å²) in [6.07, 6.45) is 4.85. The van der Waals surface area contributed by atoms with E-state index in [1.165, 1.54) is 4.90 Å². The minimum atomic E-state index is -0.854. The van der Waals surface area contributed by atoms with Crippen molar-refractivity contribution in [3.05, 3.63) is 95.1 Å². The summed E-state index contributed by atoms with van der Waals surface area (Å²) in [7, 11) is 0. The Morgan fingerprint density at radius 2 is 1.58 bits per heavy atom. The third kappa shape index (κ3) is 14.5. The Balaban J connectivity index is 0.935. The Morgan fingerprint density at radius 1 is 0.887 bits per heavy atom. The van der Waals surface area contributed by atoms with Crippen LogP contribution in [0.5, 0.6) is 0 Å². The first-order valence-corrected chi connectivity index (χ1v) is 22.2. The minimum absolute atomic E-state index is 0.0815. The van der Waals surface area contributed by atoms with Crippen molar-refractivity contribution in [3.8, 4) is 10.4 Å². The number of aromatic nitrogens is 1. The zero-order chi connectivity index (χ0) is 44.6. The summed E-state index contributed by atoms with van der Waals surface area (Å²) < 4.78 is 5.55. The van der Waals surface area contributed by atoms with Crippen molar-refractivity contribution in [2.75, 3.05) is 42.7 Å². The maximum Gasteiger partial charge on any atom is 0.255 e. The summed E-state index contributed by atoms with van der Waals surface area (Å²) in [5, 5.41) is 22.2. The number of hydrogen-bond acceptors (Lipinski definition) is 10. The zero-order valence-corrected chi connectivity index (χ0v) is 37.0. The number of para-hydroxylation sites is 2. The number of nitrogens with two attached hydrogens (primary N) is 1. The van der Waals surface area contributed by atoms with E-state index in [2.05, 4.69) is 26.3 Å². The summed E-state index contributed by atoms with van der Waals surface area (Å²) in [6, 6.07) is 20.7. The number of nitrogens with one attached hydrogen (secondary N) is 4. The molecule has 15 heteroatoms. The second-order valence-electron chi connectivity index (χ2n) is 17.0. The van der Waals surface area contributed by atoms with Crippen molar-refractivity contribution in [1.82, 2.24) is 20.5 Å². The molecule has 4 aromatic rings. The highest BCUT2D eigenvalue weighted by atomic mass is 32.1. The highest BCUT2D eigenvalue weighted by molar-refractivity contribution is 7.13. The molecule has 0 radical (unpaired) electrons. The topological polar surface area (TPSA) is 205 Å². The van der Waals surface area contributed by atoms with Crippen LogP contribution >= 0.6 is 11.3 Å². The number of carbonyl (C=O) groups is 5. The fourth-order valence-corrected chi connectivity index (χ4v) is 8.07. The van der Waals surface area contributed by atoms with Crippen molar-refractivity contribution in [2.45, 2.75) is 97.8 Å². The number of aliphatic hydroxyl groups is 1. The Bertz CT molecular complexity index is 2120. The number of likely N-dealkylation sites (tertiary alicyclic amines) is 1. The second-order valence-corrected chi connectivity index (χ2v) is 17.8. The van der Waals surface area contributed by atoms with E-state index in [1.807, 2.05) is 57.5 Å². The lowest BCUT2D eigenvalue weighted by molar-refractivity contribution is -0.145. The van der Waals surface area contributed by atoms with Crippen LogP contribution in [-0.4, -0.2) is 83.0 Å². The Morgan fingerprint density at radius 3 is 2.26 bits per heavy atom. The van der Waals surface area contributed by atoms with Crippen molar-refractivity contribution in [1.29, 1.82) is 0 Å². The number of ether oxygens (including phenoxy) is 1. The fourth-order valence-electron chi connectivity index (χ4n) is 7.26.